The third-order valence-corrected chi connectivity index (χ3v) is 5.60. The smallest absolute Gasteiger partial charge is 0.481 e. The van der Waals surface area contributed by atoms with Crippen molar-refractivity contribution >= 4 is 5.97 Å². The molecule has 2 aliphatic heterocycles. The van der Waals surface area contributed by atoms with E-state index in [1.165, 1.54) is 12.1 Å². The van der Waals surface area contributed by atoms with Crippen LogP contribution in [0.5, 0.6) is 5.75 Å². The van der Waals surface area contributed by atoms with E-state index in [0.717, 1.165) is 18.5 Å². The van der Waals surface area contributed by atoms with E-state index in [1.54, 1.807) is 12.1 Å². The quantitative estimate of drug-likeness (QED) is 0.881. The molecule has 2 saturated heterocycles. The minimum absolute atomic E-state index is 0.0460. The van der Waals surface area contributed by atoms with Crippen LogP contribution in [-0.2, 0) is 11.3 Å². The molecule has 2 heterocycles. The first-order chi connectivity index (χ1) is 12.2. The van der Waals surface area contributed by atoms with Crippen LogP contribution in [0.25, 0.3) is 0 Å². The van der Waals surface area contributed by atoms with E-state index < -0.39 is 17.7 Å². The zero-order valence-electron chi connectivity index (χ0n) is 14.6. The maximum Gasteiger partial charge on any atom is 0.573 e. The Morgan fingerprint density at radius 2 is 1.96 bits per heavy atom. The lowest BCUT2D eigenvalue weighted by molar-refractivity contribution is -0.274. The molecule has 0 saturated carbocycles. The molecule has 8 heteroatoms. The molecule has 26 heavy (non-hydrogen) atoms. The van der Waals surface area contributed by atoms with Crippen molar-refractivity contribution in [2.45, 2.75) is 38.2 Å². The average Bonchev–Trinajstić information content (AvgIpc) is 2.56. The number of hydrogen-bond donors (Lipinski definition) is 1. The van der Waals surface area contributed by atoms with Gasteiger partial charge in [-0.25, -0.2) is 0 Å². The fraction of sp³-hybridized carbons (Fsp3) is 0.611. The second-order valence-electron chi connectivity index (χ2n) is 7.24. The van der Waals surface area contributed by atoms with Crippen LogP contribution in [0.1, 0.15) is 24.8 Å². The van der Waals surface area contributed by atoms with Crippen molar-refractivity contribution in [3.8, 4) is 5.75 Å². The van der Waals surface area contributed by atoms with Crippen LogP contribution in [0.3, 0.4) is 0 Å². The number of hydrogen-bond acceptors (Lipinski definition) is 4. The molecule has 1 N–H and O–H groups in total. The summed E-state index contributed by atoms with van der Waals surface area (Å²) in [6.07, 6.45) is -2.51. The summed E-state index contributed by atoms with van der Waals surface area (Å²) in [7, 11) is 1.97. The number of carboxylic acid groups (broad SMARTS) is 1. The van der Waals surface area contributed by atoms with E-state index in [2.05, 4.69) is 14.5 Å². The Kier molecular flexibility index (Phi) is 5.16. The third kappa shape index (κ3) is 3.96. The summed E-state index contributed by atoms with van der Waals surface area (Å²) in [5.74, 6) is -0.959. The normalized spacial score (nSPS) is 27.8. The molecule has 2 atom stereocenters. The van der Waals surface area contributed by atoms with Crippen LogP contribution < -0.4 is 4.74 Å². The van der Waals surface area contributed by atoms with Gasteiger partial charge in [-0.05, 0) is 57.1 Å². The zero-order chi connectivity index (χ0) is 18.9. The Morgan fingerprint density at radius 3 is 2.58 bits per heavy atom. The summed E-state index contributed by atoms with van der Waals surface area (Å²) in [5.41, 5.74) is 0.189. The number of likely N-dealkylation sites (N-methyl/N-ethyl adjacent to an activating group) is 1. The second kappa shape index (κ2) is 7.08. The van der Waals surface area contributed by atoms with Gasteiger partial charge < -0.3 is 14.7 Å². The number of likely N-dealkylation sites (tertiary alicyclic amines) is 2. The van der Waals surface area contributed by atoms with E-state index in [-0.39, 0.29) is 11.8 Å². The van der Waals surface area contributed by atoms with Crippen molar-refractivity contribution in [3.05, 3.63) is 29.8 Å². The largest absolute Gasteiger partial charge is 0.573 e. The third-order valence-electron chi connectivity index (χ3n) is 5.60. The molecule has 2 aliphatic rings. The number of rotatable bonds is 4. The Labute approximate surface area is 150 Å². The minimum Gasteiger partial charge on any atom is -0.481 e. The number of carboxylic acids is 1. The Bertz CT molecular complexity index is 650. The number of ether oxygens (including phenoxy) is 1. The number of nitrogens with zero attached hydrogens (tertiary/aromatic N) is 2. The van der Waals surface area contributed by atoms with E-state index in [1.807, 2.05) is 7.05 Å². The average molecular weight is 372 g/mol. The standard InChI is InChI=1S/C18H23F3N2O3/c1-22-9-2-7-17(16(24)25)8-10-23(12-15(17)22)11-13-3-5-14(6-4-13)26-18(19,20)21/h3-6,15H,2,7-12H2,1H3,(H,24,25)/t15-,17+/m1/s1. The summed E-state index contributed by atoms with van der Waals surface area (Å²) < 4.78 is 40.6. The number of alkyl halides is 3. The molecule has 0 aliphatic carbocycles. The summed E-state index contributed by atoms with van der Waals surface area (Å²) >= 11 is 0. The Morgan fingerprint density at radius 1 is 1.27 bits per heavy atom. The Hall–Kier alpha value is -1.80. The van der Waals surface area contributed by atoms with Gasteiger partial charge in [-0.1, -0.05) is 12.1 Å². The molecule has 1 aromatic rings. The lowest BCUT2D eigenvalue weighted by Crippen LogP contribution is -2.62. The molecule has 3 rings (SSSR count). The topological polar surface area (TPSA) is 53.0 Å². The van der Waals surface area contributed by atoms with E-state index in [0.29, 0.717) is 32.5 Å². The first-order valence-electron chi connectivity index (χ1n) is 8.70. The van der Waals surface area contributed by atoms with Crippen molar-refractivity contribution in [1.29, 1.82) is 0 Å². The number of piperidine rings is 2. The van der Waals surface area contributed by atoms with Crippen molar-refractivity contribution in [2.75, 3.05) is 26.7 Å². The van der Waals surface area contributed by atoms with Crippen molar-refractivity contribution < 1.29 is 27.8 Å². The fourth-order valence-electron chi connectivity index (χ4n) is 4.24. The highest BCUT2D eigenvalue weighted by atomic mass is 19.4. The van der Waals surface area contributed by atoms with Gasteiger partial charge in [-0.3, -0.25) is 9.69 Å². The summed E-state index contributed by atoms with van der Waals surface area (Å²) in [5, 5.41) is 9.79. The summed E-state index contributed by atoms with van der Waals surface area (Å²) in [6.45, 7) is 2.77. The first kappa shape index (κ1) is 19.0. The van der Waals surface area contributed by atoms with Crippen molar-refractivity contribution in [1.82, 2.24) is 9.80 Å². The number of aliphatic carboxylic acids is 1. The van der Waals surface area contributed by atoms with Crippen molar-refractivity contribution in [2.24, 2.45) is 5.41 Å². The molecule has 0 spiro atoms. The molecule has 2 fully saturated rings. The fourth-order valence-corrected chi connectivity index (χ4v) is 4.24. The van der Waals surface area contributed by atoms with Gasteiger partial charge in [0.25, 0.3) is 0 Å². The van der Waals surface area contributed by atoms with Crippen LogP contribution in [0.15, 0.2) is 24.3 Å². The van der Waals surface area contributed by atoms with Gasteiger partial charge in [0.05, 0.1) is 5.41 Å². The monoisotopic (exact) mass is 372 g/mol. The minimum atomic E-state index is -4.69. The van der Waals surface area contributed by atoms with E-state index in [9.17, 15) is 23.1 Å². The molecule has 0 unspecified atom stereocenters. The number of fused-ring (bicyclic) bond motifs is 1. The van der Waals surface area contributed by atoms with Crippen LogP contribution in [-0.4, -0.2) is 60.0 Å². The van der Waals surface area contributed by atoms with Gasteiger partial charge in [0, 0.05) is 19.1 Å². The lowest BCUT2D eigenvalue weighted by Gasteiger charge is -2.51. The maximum atomic E-state index is 12.2. The molecule has 5 nitrogen and oxygen atoms in total. The van der Waals surface area contributed by atoms with Crippen molar-refractivity contribution in [3.63, 3.8) is 0 Å². The second-order valence-corrected chi connectivity index (χ2v) is 7.24. The van der Waals surface area contributed by atoms with E-state index >= 15 is 0 Å². The van der Waals surface area contributed by atoms with Gasteiger partial charge in [-0.15, -0.1) is 13.2 Å². The van der Waals surface area contributed by atoms with Gasteiger partial charge >= 0.3 is 12.3 Å². The molecule has 0 bridgehead atoms. The molecule has 144 valence electrons. The number of benzene rings is 1. The van der Waals surface area contributed by atoms with Crippen LogP contribution >= 0.6 is 0 Å². The predicted octanol–water partition coefficient (Wildman–Crippen LogP) is 2.96. The number of carbonyl (C=O) groups is 1. The first-order valence-corrected chi connectivity index (χ1v) is 8.70. The highest BCUT2D eigenvalue weighted by Gasteiger charge is 2.52. The van der Waals surface area contributed by atoms with Crippen LogP contribution in [0.4, 0.5) is 13.2 Å². The molecular formula is C18H23F3N2O3. The van der Waals surface area contributed by atoms with Gasteiger partial charge in [-0.2, -0.15) is 0 Å². The molecular weight excluding hydrogens is 349 g/mol. The van der Waals surface area contributed by atoms with Gasteiger partial charge in [0.15, 0.2) is 0 Å². The molecule has 0 aromatic heterocycles. The zero-order valence-corrected chi connectivity index (χ0v) is 14.6. The SMILES string of the molecule is CN1CCC[C@]2(C(=O)O)CCN(Cc3ccc(OC(F)(F)F)cc3)C[C@@H]12. The Balaban J connectivity index is 1.66. The molecule has 1 aromatic carbocycles. The molecule has 0 amide bonds. The number of halogens is 3. The summed E-state index contributed by atoms with van der Waals surface area (Å²) in [6, 6.07) is 5.80. The highest BCUT2D eigenvalue weighted by molar-refractivity contribution is 5.76. The highest BCUT2D eigenvalue weighted by Crippen LogP contribution is 2.42. The summed E-state index contributed by atoms with van der Waals surface area (Å²) in [4.78, 5) is 16.2. The lowest BCUT2D eigenvalue weighted by atomic mass is 9.68. The van der Waals surface area contributed by atoms with E-state index in [4.69, 9.17) is 0 Å². The maximum absolute atomic E-state index is 12.2. The van der Waals surface area contributed by atoms with Gasteiger partial charge in [0.1, 0.15) is 5.75 Å². The van der Waals surface area contributed by atoms with Crippen LogP contribution in [0, 0.1) is 5.41 Å². The molecule has 0 radical (unpaired) electrons. The predicted molar refractivity (Wildman–Crippen MR) is 88.7 cm³/mol. The van der Waals surface area contributed by atoms with Gasteiger partial charge in [0.2, 0.25) is 0 Å². The van der Waals surface area contributed by atoms with Crippen LogP contribution in [0.2, 0.25) is 0 Å².